The van der Waals surface area contributed by atoms with E-state index < -0.39 is 0 Å². The van der Waals surface area contributed by atoms with E-state index in [0.717, 1.165) is 0 Å². The number of thioether (sulfide) groups is 1. The monoisotopic (exact) mass is 147 g/mol. The Morgan fingerprint density at radius 3 is 2.62 bits per heavy atom. The van der Waals surface area contributed by atoms with Crippen LogP contribution in [-0.2, 0) is 4.79 Å². The van der Waals surface area contributed by atoms with Gasteiger partial charge in [0.1, 0.15) is 4.32 Å². The van der Waals surface area contributed by atoms with Crippen molar-refractivity contribution in [3.63, 3.8) is 0 Å². The number of hydrogen-bond acceptors (Lipinski definition) is 3. The first-order chi connectivity index (χ1) is 3.70. The summed E-state index contributed by atoms with van der Waals surface area (Å²) in [7, 11) is 0. The number of amides is 1. The second kappa shape index (κ2) is 2.03. The van der Waals surface area contributed by atoms with Crippen molar-refractivity contribution in [3.8, 4) is 0 Å². The Hall–Kier alpha value is -0.0900. The highest BCUT2D eigenvalue weighted by Gasteiger charge is 2.23. The lowest BCUT2D eigenvalue weighted by molar-refractivity contribution is -0.118. The van der Waals surface area contributed by atoms with Gasteiger partial charge in [-0.05, 0) is 6.92 Å². The largest absolute Gasteiger partial charge is 0.311 e. The number of carbonyl (C=O) groups is 1. The predicted molar refractivity (Wildman–Crippen MR) is 37.8 cm³/mol. The standard InChI is InChI=1S/C4H5NOS2/c1-2-3(6)5-4(7)8-2/h2H,1H3,(H,5,6,7). The Morgan fingerprint density at radius 1 is 1.88 bits per heavy atom. The van der Waals surface area contributed by atoms with E-state index in [2.05, 4.69) is 5.32 Å². The molecule has 1 N–H and O–H groups in total. The molecule has 0 aliphatic carbocycles. The number of rotatable bonds is 0. The van der Waals surface area contributed by atoms with Crippen LogP contribution < -0.4 is 5.32 Å². The van der Waals surface area contributed by atoms with Gasteiger partial charge in [0, 0.05) is 0 Å². The number of carbonyl (C=O) groups excluding carboxylic acids is 1. The predicted octanol–water partition coefficient (Wildman–Crippen LogP) is 0.523. The SMILES string of the molecule is CC1SC(=S)NC1=O. The van der Waals surface area contributed by atoms with E-state index in [1.807, 2.05) is 6.92 Å². The highest BCUT2D eigenvalue weighted by atomic mass is 32.2. The summed E-state index contributed by atoms with van der Waals surface area (Å²) in [4.78, 5) is 10.6. The minimum absolute atomic E-state index is 0.0162. The van der Waals surface area contributed by atoms with Crippen molar-refractivity contribution in [2.75, 3.05) is 0 Å². The Balaban J connectivity index is 2.64. The first-order valence-electron chi connectivity index (χ1n) is 2.21. The molecule has 0 aromatic carbocycles. The molecule has 1 saturated heterocycles. The quantitative estimate of drug-likeness (QED) is 0.506. The average Bonchev–Trinajstić information content (AvgIpc) is 1.85. The zero-order valence-electron chi connectivity index (χ0n) is 4.30. The van der Waals surface area contributed by atoms with Crippen LogP contribution in [0.3, 0.4) is 0 Å². The Kier molecular flexibility index (Phi) is 1.53. The molecule has 1 heterocycles. The van der Waals surface area contributed by atoms with Crippen LogP contribution >= 0.6 is 24.0 Å². The molecule has 0 aromatic rings. The summed E-state index contributed by atoms with van der Waals surface area (Å²) < 4.78 is 0.600. The lowest BCUT2D eigenvalue weighted by atomic mass is 10.5. The molecule has 1 amide bonds. The summed E-state index contributed by atoms with van der Waals surface area (Å²) in [5, 5.41) is 2.54. The minimum atomic E-state index is 0.0162. The molecule has 1 aliphatic heterocycles. The molecule has 1 rings (SSSR count). The van der Waals surface area contributed by atoms with E-state index in [4.69, 9.17) is 12.2 Å². The van der Waals surface area contributed by atoms with Gasteiger partial charge in [0.05, 0.1) is 5.25 Å². The van der Waals surface area contributed by atoms with E-state index in [9.17, 15) is 4.79 Å². The van der Waals surface area contributed by atoms with Gasteiger partial charge < -0.3 is 5.32 Å². The van der Waals surface area contributed by atoms with Crippen molar-refractivity contribution in [2.45, 2.75) is 12.2 Å². The van der Waals surface area contributed by atoms with E-state index in [1.165, 1.54) is 11.8 Å². The molecule has 2 nitrogen and oxygen atoms in total. The van der Waals surface area contributed by atoms with Gasteiger partial charge in [-0.2, -0.15) is 0 Å². The van der Waals surface area contributed by atoms with Crippen molar-refractivity contribution < 1.29 is 4.79 Å². The Morgan fingerprint density at radius 2 is 2.50 bits per heavy atom. The fourth-order valence-electron chi connectivity index (χ4n) is 0.446. The molecular weight excluding hydrogens is 142 g/mol. The molecule has 0 spiro atoms. The molecule has 4 heteroatoms. The molecule has 1 aliphatic rings. The first-order valence-corrected chi connectivity index (χ1v) is 3.50. The number of nitrogens with one attached hydrogen (secondary N) is 1. The van der Waals surface area contributed by atoms with Gasteiger partial charge in [0.2, 0.25) is 5.91 Å². The van der Waals surface area contributed by atoms with Crippen molar-refractivity contribution >= 4 is 34.2 Å². The maximum absolute atomic E-state index is 10.6. The second-order valence-corrected chi connectivity index (χ2v) is 3.55. The Labute approximate surface area is 57.0 Å². The topological polar surface area (TPSA) is 29.1 Å². The van der Waals surface area contributed by atoms with Gasteiger partial charge in [-0.3, -0.25) is 4.79 Å². The molecule has 1 unspecified atom stereocenters. The van der Waals surface area contributed by atoms with Gasteiger partial charge in [-0.15, -0.1) is 0 Å². The van der Waals surface area contributed by atoms with Gasteiger partial charge in [-0.1, -0.05) is 24.0 Å². The van der Waals surface area contributed by atoms with Crippen LogP contribution in [-0.4, -0.2) is 15.5 Å². The summed E-state index contributed by atoms with van der Waals surface area (Å²) in [5.74, 6) is 0.0278. The van der Waals surface area contributed by atoms with E-state index in [0.29, 0.717) is 4.32 Å². The highest BCUT2D eigenvalue weighted by Crippen LogP contribution is 2.17. The van der Waals surface area contributed by atoms with Crippen LogP contribution in [0.4, 0.5) is 0 Å². The summed E-state index contributed by atoms with van der Waals surface area (Å²) in [6.45, 7) is 1.83. The van der Waals surface area contributed by atoms with E-state index in [-0.39, 0.29) is 11.2 Å². The zero-order valence-corrected chi connectivity index (χ0v) is 5.94. The molecule has 0 radical (unpaired) electrons. The van der Waals surface area contributed by atoms with Crippen LogP contribution in [0.15, 0.2) is 0 Å². The van der Waals surface area contributed by atoms with Gasteiger partial charge >= 0.3 is 0 Å². The van der Waals surface area contributed by atoms with Crippen LogP contribution in [0, 0.1) is 0 Å². The lowest BCUT2D eigenvalue weighted by Gasteiger charge is -1.87. The molecule has 1 fully saturated rings. The van der Waals surface area contributed by atoms with Gasteiger partial charge in [0.25, 0.3) is 0 Å². The molecule has 0 bridgehead atoms. The fourth-order valence-corrected chi connectivity index (χ4v) is 1.63. The highest BCUT2D eigenvalue weighted by molar-refractivity contribution is 8.24. The third-order valence-corrected chi connectivity index (χ3v) is 2.15. The van der Waals surface area contributed by atoms with Crippen molar-refractivity contribution in [2.24, 2.45) is 0 Å². The van der Waals surface area contributed by atoms with Gasteiger partial charge in [-0.25, -0.2) is 0 Å². The summed E-state index contributed by atoms with van der Waals surface area (Å²) in [6.07, 6.45) is 0. The zero-order chi connectivity index (χ0) is 6.15. The average molecular weight is 147 g/mol. The van der Waals surface area contributed by atoms with Crippen LogP contribution in [0.25, 0.3) is 0 Å². The maximum atomic E-state index is 10.6. The summed E-state index contributed by atoms with van der Waals surface area (Å²) in [5.41, 5.74) is 0. The third-order valence-electron chi connectivity index (χ3n) is 0.878. The fraction of sp³-hybridized carbons (Fsp3) is 0.500. The van der Waals surface area contributed by atoms with Crippen molar-refractivity contribution in [1.82, 2.24) is 5.32 Å². The molecule has 0 saturated carbocycles. The van der Waals surface area contributed by atoms with Gasteiger partial charge in [0.15, 0.2) is 0 Å². The van der Waals surface area contributed by atoms with Crippen LogP contribution in [0.1, 0.15) is 6.92 Å². The Bertz CT molecular complexity index is 145. The first kappa shape index (κ1) is 6.04. The van der Waals surface area contributed by atoms with Crippen molar-refractivity contribution in [3.05, 3.63) is 0 Å². The van der Waals surface area contributed by atoms with E-state index >= 15 is 0 Å². The third kappa shape index (κ3) is 1.00. The smallest absolute Gasteiger partial charge is 0.238 e. The summed E-state index contributed by atoms with van der Waals surface area (Å²) in [6, 6.07) is 0. The second-order valence-electron chi connectivity index (χ2n) is 1.54. The molecule has 0 aromatic heterocycles. The number of hydrogen-bond donors (Lipinski definition) is 1. The minimum Gasteiger partial charge on any atom is -0.311 e. The molecule has 44 valence electrons. The van der Waals surface area contributed by atoms with Crippen LogP contribution in [0.2, 0.25) is 0 Å². The maximum Gasteiger partial charge on any atom is 0.238 e. The lowest BCUT2D eigenvalue weighted by Crippen LogP contribution is -2.22. The molecule has 1 atom stereocenters. The number of thiocarbonyl (C=S) groups is 1. The molecule has 8 heavy (non-hydrogen) atoms. The van der Waals surface area contributed by atoms with Crippen molar-refractivity contribution in [1.29, 1.82) is 0 Å². The summed E-state index contributed by atoms with van der Waals surface area (Å²) >= 11 is 6.10. The molecular formula is C4H5NOS2. The van der Waals surface area contributed by atoms with Crippen LogP contribution in [0.5, 0.6) is 0 Å². The normalized spacial score (nSPS) is 28.4. The van der Waals surface area contributed by atoms with E-state index in [1.54, 1.807) is 0 Å².